The van der Waals surface area contributed by atoms with Crippen molar-refractivity contribution in [1.82, 2.24) is 15.2 Å². The van der Waals surface area contributed by atoms with Gasteiger partial charge in [0.2, 0.25) is 5.95 Å². The number of hydrogen-bond donors (Lipinski definition) is 2. The molecule has 14 heavy (non-hydrogen) atoms. The van der Waals surface area contributed by atoms with Crippen LogP contribution in [0, 0.1) is 5.82 Å². The lowest BCUT2D eigenvalue weighted by atomic mass is 10.2. The van der Waals surface area contributed by atoms with E-state index in [4.69, 9.17) is 5.73 Å². The average molecular weight is 257 g/mol. The van der Waals surface area contributed by atoms with Crippen molar-refractivity contribution in [3.05, 3.63) is 28.5 Å². The van der Waals surface area contributed by atoms with Gasteiger partial charge in [0.05, 0.1) is 5.56 Å². The molecule has 0 spiro atoms. The highest BCUT2D eigenvalue weighted by Crippen LogP contribution is 2.23. The summed E-state index contributed by atoms with van der Waals surface area (Å²) in [4.78, 5) is 3.83. The van der Waals surface area contributed by atoms with Crippen LogP contribution < -0.4 is 5.73 Å². The van der Waals surface area contributed by atoms with Gasteiger partial charge in [-0.15, -0.1) is 5.10 Å². The zero-order valence-electron chi connectivity index (χ0n) is 6.96. The molecular weight excluding hydrogens is 251 g/mol. The molecule has 2 aromatic rings. The predicted octanol–water partition coefficient (Wildman–Crippen LogP) is 1.96. The number of nitrogens with zero attached hydrogens (tertiary/aromatic N) is 2. The molecule has 72 valence electrons. The molecule has 0 atom stereocenters. The van der Waals surface area contributed by atoms with Gasteiger partial charge in [0.15, 0.2) is 5.82 Å². The van der Waals surface area contributed by atoms with Crippen LogP contribution in [0.15, 0.2) is 22.7 Å². The van der Waals surface area contributed by atoms with Gasteiger partial charge in [-0.3, -0.25) is 5.10 Å². The van der Waals surface area contributed by atoms with E-state index in [1.807, 2.05) is 0 Å². The maximum atomic E-state index is 13.3. The molecule has 3 N–H and O–H groups in total. The first-order valence-corrected chi connectivity index (χ1v) is 4.59. The van der Waals surface area contributed by atoms with Gasteiger partial charge in [-0.05, 0) is 18.2 Å². The van der Waals surface area contributed by atoms with E-state index in [1.165, 1.54) is 6.07 Å². The second-order valence-electron chi connectivity index (χ2n) is 2.67. The van der Waals surface area contributed by atoms with E-state index in [9.17, 15) is 4.39 Å². The van der Waals surface area contributed by atoms with Crippen molar-refractivity contribution < 1.29 is 4.39 Å². The molecule has 2 rings (SSSR count). The van der Waals surface area contributed by atoms with E-state index in [2.05, 4.69) is 31.1 Å². The average Bonchev–Trinajstić information content (AvgIpc) is 2.56. The summed E-state index contributed by atoms with van der Waals surface area (Å²) in [6.45, 7) is 0. The minimum Gasteiger partial charge on any atom is -0.366 e. The molecule has 1 aromatic heterocycles. The summed E-state index contributed by atoms with van der Waals surface area (Å²) < 4.78 is 14.1. The monoisotopic (exact) mass is 256 g/mol. The molecule has 0 radical (unpaired) electrons. The topological polar surface area (TPSA) is 67.6 Å². The molecule has 0 aliphatic heterocycles. The molecular formula is C8H6BrFN4. The van der Waals surface area contributed by atoms with Crippen molar-refractivity contribution in [3.8, 4) is 11.4 Å². The Morgan fingerprint density at radius 2 is 2.21 bits per heavy atom. The third-order valence-electron chi connectivity index (χ3n) is 1.69. The van der Waals surface area contributed by atoms with Gasteiger partial charge in [0.1, 0.15) is 5.82 Å². The number of hydrogen-bond acceptors (Lipinski definition) is 3. The van der Waals surface area contributed by atoms with Crippen LogP contribution in [-0.2, 0) is 0 Å². The zero-order valence-corrected chi connectivity index (χ0v) is 8.55. The first-order chi connectivity index (χ1) is 6.66. The molecule has 4 nitrogen and oxygen atoms in total. The lowest BCUT2D eigenvalue weighted by Gasteiger charge is -1.98. The van der Waals surface area contributed by atoms with E-state index >= 15 is 0 Å². The fourth-order valence-corrected chi connectivity index (χ4v) is 1.44. The van der Waals surface area contributed by atoms with Gasteiger partial charge in [-0.1, -0.05) is 15.9 Å². The molecule has 1 heterocycles. The lowest BCUT2D eigenvalue weighted by molar-refractivity contribution is 0.630. The van der Waals surface area contributed by atoms with E-state index in [0.717, 1.165) is 4.47 Å². The van der Waals surface area contributed by atoms with Crippen LogP contribution in [0.1, 0.15) is 0 Å². The Hall–Kier alpha value is -1.43. The first-order valence-electron chi connectivity index (χ1n) is 3.80. The Labute approximate surface area is 87.5 Å². The highest BCUT2D eigenvalue weighted by Gasteiger charge is 2.09. The third kappa shape index (κ3) is 1.60. The van der Waals surface area contributed by atoms with Gasteiger partial charge in [0.25, 0.3) is 0 Å². The fourth-order valence-electron chi connectivity index (χ4n) is 1.07. The van der Waals surface area contributed by atoms with Gasteiger partial charge in [0, 0.05) is 4.47 Å². The van der Waals surface area contributed by atoms with Crippen LogP contribution in [-0.4, -0.2) is 15.2 Å². The summed E-state index contributed by atoms with van der Waals surface area (Å²) in [6, 6.07) is 4.56. The number of aromatic nitrogens is 3. The maximum absolute atomic E-state index is 13.3. The first kappa shape index (κ1) is 9.14. The van der Waals surface area contributed by atoms with Crippen molar-refractivity contribution in [3.63, 3.8) is 0 Å². The Morgan fingerprint density at radius 1 is 1.43 bits per heavy atom. The van der Waals surface area contributed by atoms with Crippen molar-refractivity contribution >= 4 is 21.9 Å². The molecule has 6 heteroatoms. The second-order valence-corrected chi connectivity index (χ2v) is 3.58. The molecule has 0 unspecified atom stereocenters. The smallest absolute Gasteiger partial charge is 0.239 e. The number of H-pyrrole nitrogens is 1. The number of nitrogens with two attached hydrogens (primary N) is 1. The SMILES string of the molecule is Nc1n[nH]c(-c2cc(Br)ccc2F)n1. The van der Waals surface area contributed by atoms with Gasteiger partial charge < -0.3 is 5.73 Å². The van der Waals surface area contributed by atoms with E-state index in [-0.39, 0.29) is 11.8 Å². The summed E-state index contributed by atoms with van der Waals surface area (Å²) in [5, 5.41) is 6.17. The van der Waals surface area contributed by atoms with E-state index in [0.29, 0.717) is 11.4 Å². The Balaban J connectivity index is 2.55. The molecule has 0 bridgehead atoms. The largest absolute Gasteiger partial charge is 0.366 e. The Morgan fingerprint density at radius 3 is 2.86 bits per heavy atom. The van der Waals surface area contributed by atoms with Crippen molar-refractivity contribution in [1.29, 1.82) is 0 Å². The van der Waals surface area contributed by atoms with E-state index < -0.39 is 0 Å². The minimum atomic E-state index is -0.371. The lowest BCUT2D eigenvalue weighted by Crippen LogP contribution is -1.88. The molecule has 0 fully saturated rings. The van der Waals surface area contributed by atoms with Gasteiger partial charge in [-0.2, -0.15) is 4.98 Å². The van der Waals surface area contributed by atoms with Gasteiger partial charge in [-0.25, -0.2) is 4.39 Å². The zero-order chi connectivity index (χ0) is 10.1. The van der Waals surface area contributed by atoms with Crippen molar-refractivity contribution in [2.75, 3.05) is 5.73 Å². The highest BCUT2D eigenvalue weighted by atomic mass is 79.9. The van der Waals surface area contributed by atoms with Gasteiger partial charge >= 0.3 is 0 Å². The highest BCUT2D eigenvalue weighted by molar-refractivity contribution is 9.10. The Bertz CT molecular complexity index is 468. The number of aromatic amines is 1. The Kier molecular flexibility index (Phi) is 2.20. The summed E-state index contributed by atoms with van der Waals surface area (Å²) in [5.41, 5.74) is 5.65. The fraction of sp³-hybridized carbons (Fsp3) is 0. The van der Waals surface area contributed by atoms with Crippen LogP contribution in [0.25, 0.3) is 11.4 Å². The van der Waals surface area contributed by atoms with Crippen LogP contribution in [0.2, 0.25) is 0 Å². The quantitative estimate of drug-likeness (QED) is 0.820. The van der Waals surface area contributed by atoms with Crippen molar-refractivity contribution in [2.45, 2.75) is 0 Å². The van der Waals surface area contributed by atoms with Crippen LogP contribution in [0.4, 0.5) is 10.3 Å². The molecule has 0 aliphatic rings. The number of halogens is 2. The van der Waals surface area contributed by atoms with E-state index in [1.54, 1.807) is 12.1 Å². The number of nitrogen functional groups attached to an aromatic ring is 1. The molecule has 0 saturated heterocycles. The normalized spacial score (nSPS) is 10.4. The summed E-state index contributed by atoms with van der Waals surface area (Å²) in [7, 11) is 0. The number of rotatable bonds is 1. The standard InChI is InChI=1S/C8H6BrFN4/c9-4-1-2-6(10)5(3-4)7-12-8(11)14-13-7/h1-3H,(H3,11,12,13,14). The second kappa shape index (κ2) is 3.38. The summed E-state index contributed by atoms with van der Waals surface area (Å²) >= 11 is 3.24. The maximum Gasteiger partial charge on any atom is 0.239 e. The van der Waals surface area contributed by atoms with Crippen molar-refractivity contribution in [2.24, 2.45) is 0 Å². The number of nitrogens with one attached hydrogen (secondary N) is 1. The summed E-state index contributed by atoms with van der Waals surface area (Å²) in [5.74, 6) is 0.0463. The van der Waals surface area contributed by atoms with Crippen LogP contribution >= 0.6 is 15.9 Å². The predicted molar refractivity (Wildman–Crippen MR) is 53.9 cm³/mol. The molecule has 0 saturated carbocycles. The number of anilines is 1. The summed E-state index contributed by atoms with van der Waals surface area (Å²) in [6.07, 6.45) is 0. The number of benzene rings is 1. The van der Waals surface area contributed by atoms with Crippen LogP contribution in [0.3, 0.4) is 0 Å². The molecule has 0 amide bonds. The molecule has 0 aliphatic carbocycles. The molecule has 1 aromatic carbocycles. The third-order valence-corrected chi connectivity index (χ3v) is 2.18. The minimum absolute atomic E-state index is 0.0966. The van der Waals surface area contributed by atoms with Crippen LogP contribution in [0.5, 0.6) is 0 Å².